The van der Waals surface area contributed by atoms with Gasteiger partial charge in [0, 0.05) is 12.5 Å². The van der Waals surface area contributed by atoms with Gasteiger partial charge in [0.05, 0.1) is 0 Å². The third-order valence-corrected chi connectivity index (χ3v) is 2.89. The molecule has 1 heterocycles. The van der Waals surface area contributed by atoms with Gasteiger partial charge in [-0.3, -0.25) is 0 Å². The molecule has 0 aliphatic rings. The zero-order valence-corrected chi connectivity index (χ0v) is 11.5. The second kappa shape index (κ2) is 5.84. The predicted octanol–water partition coefficient (Wildman–Crippen LogP) is 2.54. The smallest absolute Gasteiger partial charge is 0.226 e. The molecule has 0 spiro atoms. The van der Waals surface area contributed by atoms with Crippen molar-refractivity contribution in [2.24, 2.45) is 5.73 Å². The molecule has 2 N–H and O–H groups in total. The normalized spacial score (nSPS) is 12.4. The van der Waals surface area contributed by atoms with Gasteiger partial charge in [0.1, 0.15) is 5.75 Å². The summed E-state index contributed by atoms with van der Waals surface area (Å²) in [6, 6.07) is 5.96. The molecule has 0 amide bonds. The Morgan fingerprint density at radius 3 is 2.79 bits per heavy atom. The lowest BCUT2D eigenvalue weighted by Crippen LogP contribution is -2.06. The molecule has 19 heavy (non-hydrogen) atoms. The average molecular weight is 261 g/mol. The molecule has 2 rings (SSSR count). The van der Waals surface area contributed by atoms with Crippen molar-refractivity contribution in [2.75, 3.05) is 0 Å². The minimum absolute atomic E-state index is 0.0251. The Balaban J connectivity index is 2.03. The summed E-state index contributed by atoms with van der Waals surface area (Å²) in [5.41, 5.74) is 7.99. The third kappa shape index (κ3) is 3.32. The second-order valence-corrected chi connectivity index (χ2v) is 4.56. The van der Waals surface area contributed by atoms with E-state index in [2.05, 4.69) is 10.1 Å². The molecule has 102 valence electrons. The van der Waals surface area contributed by atoms with Gasteiger partial charge in [0.2, 0.25) is 11.7 Å². The minimum atomic E-state index is 0.0251. The van der Waals surface area contributed by atoms with Crippen molar-refractivity contribution >= 4 is 0 Å². The van der Waals surface area contributed by atoms with Crippen LogP contribution in [0.3, 0.4) is 0 Å². The van der Waals surface area contributed by atoms with E-state index in [1.165, 1.54) is 0 Å². The van der Waals surface area contributed by atoms with E-state index in [0.717, 1.165) is 23.3 Å². The van der Waals surface area contributed by atoms with Gasteiger partial charge in [0.15, 0.2) is 6.61 Å². The lowest BCUT2D eigenvalue weighted by atomic mass is 10.1. The number of nitrogens with two attached hydrogens (primary N) is 1. The molecule has 0 fully saturated rings. The van der Waals surface area contributed by atoms with E-state index >= 15 is 0 Å². The third-order valence-electron chi connectivity index (χ3n) is 2.89. The summed E-state index contributed by atoms with van der Waals surface area (Å²) < 4.78 is 10.7. The molecule has 5 nitrogen and oxygen atoms in total. The fraction of sp³-hybridized carbons (Fsp3) is 0.429. The molecule has 0 bridgehead atoms. The van der Waals surface area contributed by atoms with Crippen molar-refractivity contribution in [3.05, 3.63) is 41.0 Å². The van der Waals surface area contributed by atoms with Crippen LogP contribution in [0.25, 0.3) is 0 Å². The van der Waals surface area contributed by atoms with Gasteiger partial charge in [-0.2, -0.15) is 4.98 Å². The Morgan fingerprint density at radius 2 is 2.21 bits per heavy atom. The lowest BCUT2D eigenvalue weighted by molar-refractivity contribution is 0.283. The van der Waals surface area contributed by atoms with Crippen molar-refractivity contribution < 1.29 is 9.26 Å². The summed E-state index contributed by atoms with van der Waals surface area (Å²) in [6.45, 7) is 6.23. The van der Waals surface area contributed by atoms with Crippen molar-refractivity contribution in [3.8, 4) is 5.75 Å². The minimum Gasteiger partial charge on any atom is -0.485 e. The lowest BCUT2D eigenvalue weighted by Gasteiger charge is -2.11. The van der Waals surface area contributed by atoms with Crippen LogP contribution in [-0.2, 0) is 13.0 Å². The maximum Gasteiger partial charge on any atom is 0.226 e. The summed E-state index contributed by atoms with van der Waals surface area (Å²) in [5, 5.41) is 3.85. The Bertz CT molecular complexity index is 549. The fourth-order valence-electron chi connectivity index (χ4n) is 1.75. The van der Waals surface area contributed by atoms with E-state index in [1.807, 2.05) is 39.0 Å². The largest absolute Gasteiger partial charge is 0.485 e. The van der Waals surface area contributed by atoms with Crippen LogP contribution >= 0.6 is 0 Å². The Labute approximate surface area is 112 Å². The van der Waals surface area contributed by atoms with Crippen molar-refractivity contribution in [1.29, 1.82) is 0 Å². The van der Waals surface area contributed by atoms with Gasteiger partial charge in [-0.15, -0.1) is 0 Å². The molecular formula is C14H19N3O2. The highest BCUT2D eigenvalue weighted by Gasteiger charge is 2.08. The highest BCUT2D eigenvalue weighted by molar-refractivity contribution is 5.37. The van der Waals surface area contributed by atoms with Crippen LogP contribution < -0.4 is 10.5 Å². The van der Waals surface area contributed by atoms with Crippen LogP contribution in [0, 0.1) is 6.92 Å². The second-order valence-electron chi connectivity index (χ2n) is 4.56. The SMILES string of the molecule is CCc1nc(COc2ccc(C(C)N)cc2C)no1. The summed E-state index contributed by atoms with van der Waals surface area (Å²) in [4.78, 5) is 4.20. The van der Waals surface area contributed by atoms with Crippen LogP contribution in [0.1, 0.15) is 42.7 Å². The van der Waals surface area contributed by atoms with Gasteiger partial charge in [-0.25, -0.2) is 0 Å². The predicted molar refractivity (Wildman–Crippen MR) is 71.8 cm³/mol. The van der Waals surface area contributed by atoms with E-state index in [0.29, 0.717) is 18.3 Å². The molecule has 1 aromatic carbocycles. The number of ether oxygens (including phenoxy) is 1. The van der Waals surface area contributed by atoms with Gasteiger partial charge in [-0.05, 0) is 31.0 Å². The topological polar surface area (TPSA) is 74.2 Å². The van der Waals surface area contributed by atoms with Crippen LogP contribution in [0.15, 0.2) is 22.7 Å². The van der Waals surface area contributed by atoms with E-state index in [4.69, 9.17) is 15.0 Å². The molecule has 5 heteroatoms. The zero-order chi connectivity index (χ0) is 13.8. The number of aryl methyl sites for hydroxylation is 2. The molecule has 1 unspecified atom stereocenters. The quantitative estimate of drug-likeness (QED) is 0.895. The average Bonchev–Trinajstić information content (AvgIpc) is 2.85. The molecule has 0 saturated heterocycles. The summed E-state index contributed by atoms with van der Waals surface area (Å²) >= 11 is 0. The molecule has 1 aromatic heterocycles. The van der Waals surface area contributed by atoms with Crippen LogP contribution in [-0.4, -0.2) is 10.1 Å². The van der Waals surface area contributed by atoms with Crippen molar-refractivity contribution in [2.45, 2.75) is 39.8 Å². The Kier molecular flexibility index (Phi) is 4.16. The number of benzene rings is 1. The molecule has 0 aliphatic carbocycles. The fourth-order valence-corrected chi connectivity index (χ4v) is 1.75. The summed E-state index contributed by atoms with van der Waals surface area (Å²) in [7, 11) is 0. The van der Waals surface area contributed by atoms with Gasteiger partial charge in [-0.1, -0.05) is 24.2 Å². The van der Waals surface area contributed by atoms with Crippen LogP contribution in [0.2, 0.25) is 0 Å². The molecule has 1 atom stereocenters. The molecule has 0 radical (unpaired) electrons. The van der Waals surface area contributed by atoms with E-state index < -0.39 is 0 Å². The summed E-state index contributed by atoms with van der Waals surface area (Å²) in [5.74, 6) is 2.00. The first kappa shape index (κ1) is 13.5. The van der Waals surface area contributed by atoms with E-state index in [9.17, 15) is 0 Å². The molecule has 0 aliphatic heterocycles. The number of aromatic nitrogens is 2. The first-order chi connectivity index (χ1) is 9.10. The number of hydrogen-bond acceptors (Lipinski definition) is 5. The molecular weight excluding hydrogens is 242 g/mol. The number of hydrogen-bond donors (Lipinski definition) is 1. The molecule has 0 saturated carbocycles. The van der Waals surface area contributed by atoms with Gasteiger partial charge < -0.3 is 15.0 Å². The van der Waals surface area contributed by atoms with Crippen molar-refractivity contribution in [3.63, 3.8) is 0 Å². The first-order valence-electron chi connectivity index (χ1n) is 6.40. The molecule has 2 aromatic rings. The van der Waals surface area contributed by atoms with E-state index in [1.54, 1.807) is 0 Å². The first-order valence-corrected chi connectivity index (χ1v) is 6.40. The highest BCUT2D eigenvalue weighted by Crippen LogP contribution is 2.22. The van der Waals surface area contributed by atoms with Crippen LogP contribution in [0.5, 0.6) is 5.75 Å². The van der Waals surface area contributed by atoms with Gasteiger partial charge >= 0.3 is 0 Å². The number of rotatable bonds is 5. The van der Waals surface area contributed by atoms with Crippen molar-refractivity contribution in [1.82, 2.24) is 10.1 Å². The standard InChI is InChI=1S/C14H19N3O2/c1-4-14-16-13(17-19-14)8-18-12-6-5-11(10(3)15)7-9(12)2/h5-7,10H,4,8,15H2,1-3H3. The number of nitrogens with zero attached hydrogens (tertiary/aromatic N) is 2. The maximum atomic E-state index is 5.84. The van der Waals surface area contributed by atoms with Gasteiger partial charge in [0.25, 0.3) is 0 Å². The highest BCUT2D eigenvalue weighted by atomic mass is 16.5. The maximum absolute atomic E-state index is 5.84. The summed E-state index contributed by atoms with van der Waals surface area (Å²) in [6.07, 6.45) is 0.731. The zero-order valence-electron chi connectivity index (χ0n) is 11.5. The van der Waals surface area contributed by atoms with Crippen LogP contribution in [0.4, 0.5) is 0 Å². The Hall–Kier alpha value is -1.88. The Morgan fingerprint density at radius 1 is 1.42 bits per heavy atom. The monoisotopic (exact) mass is 261 g/mol. The van der Waals surface area contributed by atoms with E-state index in [-0.39, 0.29) is 6.04 Å².